The molecule has 2 aromatic carbocycles. The van der Waals surface area contributed by atoms with Crippen molar-refractivity contribution in [2.75, 3.05) is 39.9 Å². The number of hydrogen-bond acceptors (Lipinski definition) is 11. The highest BCUT2D eigenvalue weighted by Crippen LogP contribution is 2.41. The van der Waals surface area contributed by atoms with Crippen LogP contribution in [0.1, 0.15) is 88.8 Å². The lowest BCUT2D eigenvalue weighted by molar-refractivity contribution is -0.214. The number of carbonyl (C=O) groups excluding carboxylic acids is 5. The number of rotatable bonds is 13. The molecular weight excluding hydrogens is 821 g/mol. The van der Waals surface area contributed by atoms with Crippen molar-refractivity contribution in [3.05, 3.63) is 67.8 Å². The summed E-state index contributed by atoms with van der Waals surface area (Å²) in [6.45, 7) is 15.6. The Hall–Kier alpha value is -4.02. The lowest BCUT2D eigenvalue weighted by Crippen LogP contribution is -2.60. The Morgan fingerprint density at radius 3 is 2.24 bits per heavy atom. The SMILES string of the molecule is COc1cc(I)c(Cc2ccc(/C=C/C(C)(C)C(=O)NC(C)(C)C(=O)N3CCNCC3)cc2C)cc1[C@@H]1O[C@H](COC(C)=O)C[C@H](OC(C)=O)[C@H]1OC(C)=O. The number of methoxy groups -OCH3 is 1. The molecule has 2 heterocycles. The lowest BCUT2D eigenvalue weighted by atomic mass is 9.88. The molecule has 2 aliphatic heterocycles. The molecule has 13 nitrogen and oxygen atoms in total. The predicted octanol–water partition coefficient (Wildman–Crippen LogP) is 4.82. The smallest absolute Gasteiger partial charge is 0.303 e. The Labute approximate surface area is 337 Å². The van der Waals surface area contributed by atoms with E-state index in [1.165, 1.54) is 27.9 Å². The lowest BCUT2D eigenvalue weighted by Gasteiger charge is -2.41. The monoisotopic (exact) mass is 875 g/mol. The summed E-state index contributed by atoms with van der Waals surface area (Å²) in [5.74, 6) is -1.46. The summed E-state index contributed by atoms with van der Waals surface area (Å²) in [6, 6.07) is 9.92. The number of halogens is 1. The maximum atomic E-state index is 13.4. The zero-order valence-electron chi connectivity index (χ0n) is 33.2. The summed E-state index contributed by atoms with van der Waals surface area (Å²) in [4.78, 5) is 64.5. The zero-order valence-corrected chi connectivity index (χ0v) is 35.4. The van der Waals surface area contributed by atoms with Crippen molar-refractivity contribution in [3.8, 4) is 5.75 Å². The second-order valence-corrected chi connectivity index (χ2v) is 16.3. The van der Waals surface area contributed by atoms with Gasteiger partial charge < -0.3 is 39.2 Å². The Morgan fingerprint density at radius 1 is 0.964 bits per heavy atom. The topological polar surface area (TPSA) is 159 Å². The molecule has 2 aliphatic rings. The molecule has 2 amide bonds. The zero-order chi connectivity index (χ0) is 40.7. The van der Waals surface area contributed by atoms with E-state index >= 15 is 0 Å². The van der Waals surface area contributed by atoms with E-state index in [1.807, 2.05) is 57.2 Å². The maximum Gasteiger partial charge on any atom is 0.303 e. The van der Waals surface area contributed by atoms with E-state index in [4.69, 9.17) is 23.7 Å². The molecule has 4 atom stereocenters. The average molecular weight is 876 g/mol. The van der Waals surface area contributed by atoms with E-state index in [0.29, 0.717) is 30.8 Å². The summed E-state index contributed by atoms with van der Waals surface area (Å²) in [5, 5.41) is 6.21. The molecule has 14 heteroatoms. The van der Waals surface area contributed by atoms with E-state index in [2.05, 4.69) is 39.3 Å². The third kappa shape index (κ3) is 11.7. The molecule has 4 rings (SSSR count). The molecule has 2 saturated heterocycles. The van der Waals surface area contributed by atoms with Gasteiger partial charge in [0.15, 0.2) is 6.10 Å². The minimum atomic E-state index is -1.04. The first-order valence-electron chi connectivity index (χ1n) is 18.4. The molecule has 0 unspecified atom stereocenters. The number of hydrogen-bond donors (Lipinski definition) is 2. The molecule has 55 heavy (non-hydrogen) atoms. The van der Waals surface area contributed by atoms with Gasteiger partial charge in [-0.05, 0) is 98.0 Å². The van der Waals surface area contributed by atoms with Crippen LogP contribution < -0.4 is 15.4 Å². The van der Waals surface area contributed by atoms with Crippen molar-refractivity contribution >= 4 is 58.4 Å². The summed E-state index contributed by atoms with van der Waals surface area (Å²) in [6.07, 6.45) is 1.05. The summed E-state index contributed by atoms with van der Waals surface area (Å²) < 4.78 is 29.8. The normalized spacial score (nSPS) is 20.4. The number of esters is 3. The molecule has 2 N–H and O–H groups in total. The van der Waals surface area contributed by atoms with Crippen LogP contribution in [-0.2, 0) is 49.3 Å². The van der Waals surface area contributed by atoms with Crippen LogP contribution in [0.4, 0.5) is 0 Å². The predicted molar refractivity (Wildman–Crippen MR) is 214 cm³/mol. The molecule has 0 bridgehead atoms. The molecule has 2 aromatic rings. The van der Waals surface area contributed by atoms with Gasteiger partial charge in [0.05, 0.1) is 18.6 Å². The number of carbonyl (C=O) groups is 5. The minimum absolute atomic E-state index is 0.0771. The van der Waals surface area contributed by atoms with Gasteiger partial charge in [0.1, 0.15) is 30.1 Å². The van der Waals surface area contributed by atoms with Crippen LogP contribution in [0.15, 0.2) is 36.4 Å². The third-order valence-corrected chi connectivity index (χ3v) is 10.7. The Morgan fingerprint density at radius 2 is 1.64 bits per heavy atom. The van der Waals surface area contributed by atoms with Gasteiger partial charge in [-0.2, -0.15) is 0 Å². The van der Waals surface area contributed by atoms with E-state index < -0.39 is 53.3 Å². The fourth-order valence-electron chi connectivity index (χ4n) is 6.68. The number of nitrogens with one attached hydrogen (secondary N) is 2. The van der Waals surface area contributed by atoms with Gasteiger partial charge in [-0.3, -0.25) is 24.0 Å². The van der Waals surface area contributed by atoms with Gasteiger partial charge >= 0.3 is 17.9 Å². The van der Waals surface area contributed by atoms with Crippen molar-refractivity contribution in [1.29, 1.82) is 0 Å². The van der Waals surface area contributed by atoms with Gasteiger partial charge in [0, 0.05) is 62.5 Å². The number of benzene rings is 2. The molecule has 0 aliphatic carbocycles. The number of piperazine rings is 1. The van der Waals surface area contributed by atoms with Crippen molar-refractivity contribution in [1.82, 2.24) is 15.5 Å². The maximum absolute atomic E-state index is 13.4. The number of ether oxygens (including phenoxy) is 5. The fourth-order valence-corrected chi connectivity index (χ4v) is 7.30. The largest absolute Gasteiger partial charge is 0.496 e. The molecular formula is C41H54IN3O10. The van der Waals surface area contributed by atoms with Gasteiger partial charge in [0.2, 0.25) is 11.8 Å². The van der Waals surface area contributed by atoms with Gasteiger partial charge in [0.25, 0.3) is 0 Å². The van der Waals surface area contributed by atoms with Crippen LogP contribution >= 0.6 is 22.6 Å². The van der Waals surface area contributed by atoms with E-state index in [-0.39, 0.29) is 24.8 Å². The van der Waals surface area contributed by atoms with Crippen molar-refractivity contribution in [2.45, 2.75) is 98.2 Å². The van der Waals surface area contributed by atoms with Crippen LogP contribution in [0.5, 0.6) is 5.75 Å². The molecule has 300 valence electrons. The van der Waals surface area contributed by atoms with E-state index in [1.54, 1.807) is 18.7 Å². The molecule has 0 aromatic heterocycles. The van der Waals surface area contributed by atoms with Gasteiger partial charge in [-0.25, -0.2) is 0 Å². The Balaban J connectivity index is 1.57. The second kappa shape index (κ2) is 18.7. The van der Waals surface area contributed by atoms with Gasteiger partial charge in [-0.1, -0.05) is 30.4 Å². The highest BCUT2D eigenvalue weighted by Gasteiger charge is 2.45. The first-order valence-corrected chi connectivity index (χ1v) is 19.5. The van der Waals surface area contributed by atoms with E-state index in [9.17, 15) is 24.0 Å². The van der Waals surface area contributed by atoms with Crippen LogP contribution in [0.3, 0.4) is 0 Å². The Bertz CT molecular complexity index is 1790. The van der Waals surface area contributed by atoms with Crippen molar-refractivity contribution in [3.63, 3.8) is 0 Å². The van der Waals surface area contributed by atoms with Crippen molar-refractivity contribution in [2.24, 2.45) is 5.41 Å². The average Bonchev–Trinajstić information content (AvgIpc) is 3.11. The third-order valence-electron chi connectivity index (χ3n) is 9.69. The molecule has 0 spiro atoms. The first kappa shape index (κ1) is 43.7. The number of nitrogens with zero attached hydrogens (tertiary/aromatic N) is 1. The number of aryl methyl sites for hydroxylation is 1. The molecule has 0 saturated carbocycles. The summed E-state index contributed by atoms with van der Waals surface area (Å²) >= 11 is 2.26. The van der Waals surface area contributed by atoms with Crippen molar-refractivity contribution < 1.29 is 47.7 Å². The fraction of sp³-hybridized carbons (Fsp3) is 0.537. The van der Waals surface area contributed by atoms with Gasteiger partial charge in [-0.15, -0.1) is 0 Å². The highest BCUT2D eigenvalue weighted by atomic mass is 127. The summed E-state index contributed by atoms with van der Waals surface area (Å²) in [5.41, 5.74) is 2.61. The first-order chi connectivity index (χ1) is 25.8. The van der Waals surface area contributed by atoms with Crippen LogP contribution in [0, 0.1) is 15.9 Å². The molecule has 0 radical (unpaired) electrons. The minimum Gasteiger partial charge on any atom is -0.496 e. The highest BCUT2D eigenvalue weighted by molar-refractivity contribution is 14.1. The quantitative estimate of drug-likeness (QED) is 0.162. The van der Waals surface area contributed by atoms with E-state index in [0.717, 1.165) is 38.9 Å². The van der Waals surface area contributed by atoms with Crippen LogP contribution in [0.2, 0.25) is 0 Å². The van der Waals surface area contributed by atoms with Crippen LogP contribution in [0.25, 0.3) is 6.08 Å². The summed E-state index contributed by atoms with van der Waals surface area (Å²) in [7, 11) is 1.54. The standard InChI is InChI=1S/C41H54IN3O10/c1-24-18-28(12-13-40(5,6)38(49)44-41(7,8)39(50)45-16-14-43-15-17-45)10-11-29(24)19-30-20-32(34(51-9)22-33(30)42)36-37(54-27(4)48)35(53-26(3)47)21-31(55-36)23-52-25(2)46/h10-13,18,20,22,31,35-37,43H,14-17,19,21,23H2,1-9H3,(H,44,49)/b13-12+/t31-,35-,36-,37+/m0/s1. The number of amides is 2. The Kier molecular flexibility index (Phi) is 14.9. The van der Waals surface area contributed by atoms with Crippen LogP contribution in [-0.4, -0.2) is 98.4 Å². The second-order valence-electron chi connectivity index (χ2n) is 15.2. The molecule has 2 fully saturated rings.